The lowest BCUT2D eigenvalue weighted by Gasteiger charge is -2.33. The monoisotopic (exact) mass is 416 g/mol. The SMILES string of the molecule is CC(C)c1ncc(C(=O)N2CC[C@]3(C(=O)Nc4ccccc43)[C@@H]2c2nccn2C)cn1. The zero-order valence-corrected chi connectivity index (χ0v) is 17.7. The van der Waals surface area contributed by atoms with Gasteiger partial charge in [-0.1, -0.05) is 32.0 Å². The van der Waals surface area contributed by atoms with E-state index in [-0.39, 0.29) is 17.7 Å². The summed E-state index contributed by atoms with van der Waals surface area (Å²) in [6.07, 6.45) is 7.21. The van der Waals surface area contributed by atoms with Crippen molar-refractivity contribution in [2.45, 2.75) is 37.6 Å². The second kappa shape index (κ2) is 7.01. The lowest BCUT2D eigenvalue weighted by atomic mass is 9.74. The fourth-order valence-electron chi connectivity index (χ4n) is 4.82. The van der Waals surface area contributed by atoms with Gasteiger partial charge in [-0.05, 0) is 18.1 Å². The first-order chi connectivity index (χ1) is 14.9. The van der Waals surface area contributed by atoms with Gasteiger partial charge in [-0.25, -0.2) is 15.0 Å². The summed E-state index contributed by atoms with van der Waals surface area (Å²) in [5.41, 5.74) is 1.23. The summed E-state index contributed by atoms with van der Waals surface area (Å²) in [6, 6.07) is 7.17. The number of nitrogens with one attached hydrogen (secondary N) is 1. The van der Waals surface area contributed by atoms with Gasteiger partial charge in [0.15, 0.2) is 0 Å². The van der Waals surface area contributed by atoms with Crippen LogP contribution in [0.15, 0.2) is 49.1 Å². The molecule has 1 aromatic carbocycles. The number of fused-ring (bicyclic) bond motifs is 2. The quantitative estimate of drug-likeness (QED) is 0.709. The maximum Gasteiger partial charge on any atom is 0.257 e. The zero-order valence-electron chi connectivity index (χ0n) is 17.7. The van der Waals surface area contributed by atoms with E-state index in [1.54, 1.807) is 23.5 Å². The topological polar surface area (TPSA) is 93.0 Å². The molecule has 8 heteroatoms. The van der Waals surface area contributed by atoms with Crippen LogP contribution in [0.5, 0.6) is 0 Å². The lowest BCUT2D eigenvalue weighted by molar-refractivity contribution is -0.121. The number of anilines is 1. The average Bonchev–Trinajstić information content (AvgIpc) is 3.44. The summed E-state index contributed by atoms with van der Waals surface area (Å²) < 4.78 is 1.88. The summed E-state index contributed by atoms with van der Waals surface area (Å²) in [6.45, 7) is 4.45. The van der Waals surface area contributed by atoms with Gasteiger partial charge in [0.05, 0.1) is 5.56 Å². The molecule has 4 heterocycles. The highest BCUT2D eigenvalue weighted by molar-refractivity contribution is 6.08. The molecule has 2 amide bonds. The highest BCUT2D eigenvalue weighted by Gasteiger charge is 2.60. The van der Waals surface area contributed by atoms with Crippen LogP contribution in [-0.2, 0) is 17.3 Å². The van der Waals surface area contributed by atoms with Crippen LogP contribution in [0.3, 0.4) is 0 Å². The zero-order chi connectivity index (χ0) is 21.8. The van der Waals surface area contributed by atoms with Gasteiger partial charge in [-0.2, -0.15) is 0 Å². The van der Waals surface area contributed by atoms with E-state index in [1.165, 1.54) is 0 Å². The van der Waals surface area contributed by atoms with Crippen LogP contribution in [0.25, 0.3) is 0 Å². The highest BCUT2D eigenvalue weighted by Crippen LogP contribution is 2.54. The van der Waals surface area contributed by atoms with Gasteiger partial charge in [0.25, 0.3) is 5.91 Å². The fraction of sp³-hybridized carbons (Fsp3) is 0.348. The van der Waals surface area contributed by atoms with E-state index < -0.39 is 11.5 Å². The lowest BCUT2D eigenvalue weighted by Crippen LogP contribution is -2.43. The Kier molecular flexibility index (Phi) is 4.39. The summed E-state index contributed by atoms with van der Waals surface area (Å²) >= 11 is 0. The smallest absolute Gasteiger partial charge is 0.257 e. The second-order valence-corrected chi connectivity index (χ2v) is 8.50. The number of carbonyl (C=O) groups is 2. The maximum atomic E-state index is 13.6. The summed E-state index contributed by atoms with van der Waals surface area (Å²) in [5.74, 6) is 1.26. The van der Waals surface area contributed by atoms with Gasteiger partial charge >= 0.3 is 0 Å². The number of imidazole rings is 1. The molecule has 2 aliphatic heterocycles. The second-order valence-electron chi connectivity index (χ2n) is 8.50. The molecular formula is C23H24N6O2. The minimum Gasteiger partial charge on any atom is -0.336 e. The van der Waals surface area contributed by atoms with E-state index in [9.17, 15) is 9.59 Å². The third-order valence-corrected chi connectivity index (χ3v) is 6.39. The Balaban J connectivity index is 1.61. The van der Waals surface area contributed by atoms with E-state index in [1.807, 2.05) is 55.9 Å². The number of aryl methyl sites for hydroxylation is 1. The Morgan fingerprint density at radius 2 is 1.94 bits per heavy atom. The molecule has 8 nitrogen and oxygen atoms in total. The fourth-order valence-corrected chi connectivity index (χ4v) is 4.82. The number of aromatic nitrogens is 4. The molecule has 5 rings (SSSR count). The van der Waals surface area contributed by atoms with Crippen molar-refractivity contribution in [2.24, 2.45) is 7.05 Å². The normalized spacial score (nSPS) is 22.3. The van der Waals surface area contributed by atoms with Gasteiger partial charge < -0.3 is 14.8 Å². The molecule has 0 unspecified atom stereocenters. The Morgan fingerprint density at radius 1 is 1.19 bits per heavy atom. The van der Waals surface area contributed by atoms with Crippen molar-refractivity contribution in [3.05, 3.63) is 71.8 Å². The van der Waals surface area contributed by atoms with E-state index in [2.05, 4.69) is 20.3 Å². The molecule has 0 bridgehead atoms. The molecule has 2 aromatic heterocycles. The number of hydrogen-bond donors (Lipinski definition) is 1. The van der Waals surface area contributed by atoms with Gasteiger partial charge in [-0.15, -0.1) is 0 Å². The number of amides is 2. The van der Waals surface area contributed by atoms with Gasteiger partial charge in [0.2, 0.25) is 5.91 Å². The molecule has 0 radical (unpaired) electrons. The molecule has 158 valence electrons. The number of para-hydroxylation sites is 1. The molecule has 3 aromatic rings. The standard InChI is InChI=1S/C23H24N6O2/c1-14(2)19-25-12-15(13-26-19)21(30)29-10-8-23(18(29)20-24-9-11-28(20)3)16-6-4-5-7-17(16)27-22(23)31/h4-7,9,11-14,18H,8,10H2,1-3H3,(H,27,31)/t18-,23+/m0/s1. The predicted molar refractivity (Wildman–Crippen MR) is 114 cm³/mol. The van der Waals surface area contributed by atoms with Crippen molar-refractivity contribution in [3.63, 3.8) is 0 Å². The van der Waals surface area contributed by atoms with Crippen LogP contribution >= 0.6 is 0 Å². The van der Waals surface area contributed by atoms with Crippen molar-refractivity contribution < 1.29 is 9.59 Å². The molecule has 2 atom stereocenters. The van der Waals surface area contributed by atoms with Crippen molar-refractivity contribution in [1.29, 1.82) is 0 Å². The summed E-state index contributed by atoms with van der Waals surface area (Å²) in [4.78, 5) is 42.0. The third-order valence-electron chi connectivity index (χ3n) is 6.39. The highest BCUT2D eigenvalue weighted by atomic mass is 16.2. The molecule has 2 aliphatic rings. The molecular weight excluding hydrogens is 392 g/mol. The van der Waals surface area contributed by atoms with Crippen molar-refractivity contribution >= 4 is 17.5 Å². The average molecular weight is 416 g/mol. The van der Waals surface area contributed by atoms with Crippen LogP contribution in [-0.4, -0.2) is 42.8 Å². The largest absolute Gasteiger partial charge is 0.336 e. The predicted octanol–water partition coefficient (Wildman–Crippen LogP) is 2.81. The van der Waals surface area contributed by atoms with E-state index >= 15 is 0 Å². The first kappa shape index (κ1) is 19.4. The molecule has 1 fully saturated rings. The molecule has 0 aliphatic carbocycles. The number of benzene rings is 1. The Hall–Kier alpha value is -3.55. The van der Waals surface area contributed by atoms with Crippen LogP contribution in [0.2, 0.25) is 0 Å². The number of rotatable bonds is 3. The van der Waals surface area contributed by atoms with Crippen molar-refractivity contribution in [1.82, 2.24) is 24.4 Å². The number of hydrogen-bond acceptors (Lipinski definition) is 5. The summed E-state index contributed by atoms with van der Waals surface area (Å²) in [7, 11) is 1.89. The first-order valence-corrected chi connectivity index (χ1v) is 10.4. The molecule has 0 saturated carbocycles. The molecule has 31 heavy (non-hydrogen) atoms. The number of likely N-dealkylation sites (tertiary alicyclic amines) is 1. The van der Waals surface area contributed by atoms with Crippen LogP contribution < -0.4 is 5.32 Å². The number of carbonyl (C=O) groups excluding carboxylic acids is 2. The van der Waals surface area contributed by atoms with Gasteiger partial charge in [-0.3, -0.25) is 9.59 Å². The molecule has 1 spiro atoms. The van der Waals surface area contributed by atoms with Gasteiger partial charge in [0, 0.05) is 50.0 Å². The number of nitrogens with zero attached hydrogens (tertiary/aromatic N) is 5. The van der Waals surface area contributed by atoms with Crippen molar-refractivity contribution in [3.8, 4) is 0 Å². The van der Waals surface area contributed by atoms with E-state index in [4.69, 9.17) is 0 Å². The van der Waals surface area contributed by atoms with Crippen LogP contribution in [0.1, 0.15) is 59.8 Å². The first-order valence-electron chi connectivity index (χ1n) is 10.4. The minimum absolute atomic E-state index is 0.0941. The van der Waals surface area contributed by atoms with Crippen LogP contribution in [0, 0.1) is 0 Å². The van der Waals surface area contributed by atoms with E-state index in [0.29, 0.717) is 30.2 Å². The Labute approximate surface area is 180 Å². The van der Waals surface area contributed by atoms with E-state index in [0.717, 1.165) is 11.3 Å². The molecule has 1 N–H and O–H groups in total. The minimum atomic E-state index is -0.885. The summed E-state index contributed by atoms with van der Waals surface area (Å²) in [5, 5.41) is 3.02. The Bertz CT molecular complexity index is 1170. The van der Waals surface area contributed by atoms with Crippen molar-refractivity contribution in [2.75, 3.05) is 11.9 Å². The Morgan fingerprint density at radius 3 is 2.61 bits per heavy atom. The van der Waals surface area contributed by atoms with Gasteiger partial charge in [0.1, 0.15) is 23.1 Å². The molecule has 1 saturated heterocycles. The third kappa shape index (κ3) is 2.78. The van der Waals surface area contributed by atoms with Crippen LogP contribution in [0.4, 0.5) is 5.69 Å². The maximum absolute atomic E-state index is 13.6.